The van der Waals surface area contributed by atoms with Crippen LogP contribution in [-0.2, 0) is 30.4 Å². The summed E-state index contributed by atoms with van der Waals surface area (Å²) in [7, 11) is -2.04. The number of likely N-dealkylation sites (tertiary alicyclic amines) is 1. The Morgan fingerprint density at radius 1 is 1.30 bits per heavy atom. The largest absolute Gasteiger partial charge is 0.445 e. The molecule has 1 heterocycles. The fourth-order valence-electron chi connectivity index (χ4n) is 2.57. The lowest BCUT2D eigenvalue weighted by Crippen LogP contribution is -2.38. The van der Waals surface area contributed by atoms with Crippen LogP contribution >= 0.6 is 0 Å². The first-order valence-corrected chi connectivity index (χ1v) is 9.05. The Morgan fingerprint density at radius 3 is 2.61 bits per heavy atom. The van der Waals surface area contributed by atoms with Gasteiger partial charge in [0.05, 0.1) is 31.6 Å². The van der Waals surface area contributed by atoms with Gasteiger partial charge in [-0.15, -0.1) is 0 Å². The van der Waals surface area contributed by atoms with Crippen LogP contribution in [0, 0.1) is 0 Å². The second-order valence-electron chi connectivity index (χ2n) is 5.46. The van der Waals surface area contributed by atoms with Crippen molar-refractivity contribution in [3.63, 3.8) is 0 Å². The third kappa shape index (κ3) is 5.49. The van der Waals surface area contributed by atoms with Gasteiger partial charge in [-0.25, -0.2) is 4.79 Å². The van der Waals surface area contributed by atoms with Gasteiger partial charge in [0, 0.05) is 7.11 Å². The highest BCUT2D eigenvalue weighted by atomic mass is 32.2. The van der Waals surface area contributed by atoms with Crippen LogP contribution in [-0.4, -0.2) is 58.1 Å². The van der Waals surface area contributed by atoms with E-state index in [0.29, 0.717) is 13.0 Å². The molecule has 0 spiro atoms. The number of hydrogen-bond acceptors (Lipinski definition) is 6. The van der Waals surface area contributed by atoms with E-state index in [9.17, 15) is 13.2 Å². The number of rotatable bonds is 6. The second kappa shape index (κ2) is 7.76. The molecular formula is C15H21NO6S. The first-order valence-electron chi connectivity index (χ1n) is 7.23. The molecule has 1 aromatic carbocycles. The molecule has 1 amide bonds. The highest BCUT2D eigenvalue weighted by Crippen LogP contribution is 2.23. The molecule has 23 heavy (non-hydrogen) atoms. The number of nitrogens with zero attached hydrogens (tertiary/aromatic N) is 1. The van der Waals surface area contributed by atoms with Crippen molar-refractivity contribution in [3.8, 4) is 0 Å². The zero-order chi connectivity index (χ0) is 16.9. The van der Waals surface area contributed by atoms with Crippen LogP contribution in [0.2, 0.25) is 0 Å². The molecule has 1 fully saturated rings. The summed E-state index contributed by atoms with van der Waals surface area (Å²) in [6, 6.07) is 9.06. The van der Waals surface area contributed by atoms with Crippen LogP contribution in [0.1, 0.15) is 12.0 Å². The standard InChI is InChI=1S/C15H21NO6S/c1-20-11-13-8-14(22-23(2,18)19)9-16(13)15(17)21-10-12-6-4-3-5-7-12/h3-7,13-14H,8-11H2,1-2H3/t13-,14-/m0/s1. The Balaban J connectivity index is 1.96. The smallest absolute Gasteiger partial charge is 0.410 e. The fourth-order valence-corrected chi connectivity index (χ4v) is 3.20. The number of methoxy groups -OCH3 is 1. The Labute approximate surface area is 136 Å². The topological polar surface area (TPSA) is 82.1 Å². The van der Waals surface area contributed by atoms with E-state index in [-0.39, 0.29) is 19.2 Å². The summed E-state index contributed by atoms with van der Waals surface area (Å²) in [6.07, 6.45) is 0.306. The minimum atomic E-state index is -3.57. The van der Waals surface area contributed by atoms with E-state index in [4.69, 9.17) is 13.7 Å². The normalized spacial score (nSPS) is 21.4. The lowest BCUT2D eigenvalue weighted by molar-refractivity contribution is 0.0692. The maximum atomic E-state index is 12.3. The second-order valence-corrected chi connectivity index (χ2v) is 7.06. The van der Waals surface area contributed by atoms with Crippen molar-refractivity contribution in [2.45, 2.75) is 25.2 Å². The Hall–Kier alpha value is -1.64. The molecule has 1 aromatic rings. The molecular weight excluding hydrogens is 322 g/mol. The molecule has 0 saturated carbocycles. The number of carbonyl (C=O) groups is 1. The van der Waals surface area contributed by atoms with Crippen molar-refractivity contribution in [2.24, 2.45) is 0 Å². The molecule has 128 valence electrons. The molecule has 2 rings (SSSR count). The number of benzene rings is 1. The van der Waals surface area contributed by atoms with Gasteiger partial charge in [-0.1, -0.05) is 30.3 Å². The summed E-state index contributed by atoms with van der Waals surface area (Å²) < 4.78 is 37.9. The lowest BCUT2D eigenvalue weighted by Gasteiger charge is -2.23. The third-order valence-electron chi connectivity index (χ3n) is 3.49. The maximum absolute atomic E-state index is 12.3. The fraction of sp³-hybridized carbons (Fsp3) is 0.533. The minimum Gasteiger partial charge on any atom is -0.445 e. The van der Waals surface area contributed by atoms with Crippen molar-refractivity contribution in [1.29, 1.82) is 0 Å². The number of ether oxygens (including phenoxy) is 2. The highest BCUT2D eigenvalue weighted by molar-refractivity contribution is 7.86. The van der Waals surface area contributed by atoms with E-state index in [1.54, 1.807) is 0 Å². The van der Waals surface area contributed by atoms with E-state index < -0.39 is 22.3 Å². The van der Waals surface area contributed by atoms with E-state index in [1.807, 2.05) is 30.3 Å². The molecule has 0 unspecified atom stereocenters. The summed E-state index contributed by atoms with van der Waals surface area (Å²) in [5, 5.41) is 0. The molecule has 7 nitrogen and oxygen atoms in total. The first-order chi connectivity index (χ1) is 10.9. The predicted molar refractivity (Wildman–Crippen MR) is 83.3 cm³/mol. The summed E-state index contributed by atoms with van der Waals surface area (Å²) in [4.78, 5) is 13.7. The van der Waals surface area contributed by atoms with Crippen LogP contribution in [0.5, 0.6) is 0 Å². The van der Waals surface area contributed by atoms with Gasteiger partial charge < -0.3 is 14.4 Å². The summed E-state index contributed by atoms with van der Waals surface area (Å²) >= 11 is 0. The van der Waals surface area contributed by atoms with Crippen LogP contribution in [0.25, 0.3) is 0 Å². The molecule has 1 aliphatic heterocycles. The number of carbonyl (C=O) groups excluding carboxylic acids is 1. The first kappa shape index (κ1) is 17.7. The van der Waals surface area contributed by atoms with Gasteiger partial charge in [0.25, 0.3) is 10.1 Å². The molecule has 1 saturated heterocycles. The minimum absolute atomic E-state index is 0.160. The zero-order valence-electron chi connectivity index (χ0n) is 13.2. The Morgan fingerprint density at radius 2 is 2.00 bits per heavy atom. The highest BCUT2D eigenvalue weighted by Gasteiger charge is 2.38. The molecule has 0 N–H and O–H groups in total. The van der Waals surface area contributed by atoms with E-state index in [0.717, 1.165) is 11.8 Å². The van der Waals surface area contributed by atoms with Gasteiger partial charge in [0.15, 0.2) is 0 Å². The van der Waals surface area contributed by atoms with E-state index in [2.05, 4.69) is 0 Å². The average molecular weight is 343 g/mol. The average Bonchev–Trinajstić information content (AvgIpc) is 2.87. The molecule has 0 aromatic heterocycles. The third-order valence-corrected chi connectivity index (χ3v) is 4.11. The molecule has 0 aliphatic carbocycles. The quantitative estimate of drug-likeness (QED) is 0.726. The lowest BCUT2D eigenvalue weighted by atomic mass is 10.2. The molecule has 1 aliphatic rings. The molecule has 0 radical (unpaired) electrons. The Bertz CT molecular complexity index is 618. The van der Waals surface area contributed by atoms with E-state index >= 15 is 0 Å². The van der Waals surface area contributed by atoms with Gasteiger partial charge in [0.2, 0.25) is 0 Å². The SMILES string of the molecule is COC[C@@H]1C[C@H](OS(C)(=O)=O)CN1C(=O)OCc1ccccc1. The Kier molecular flexibility index (Phi) is 5.97. The van der Waals surface area contributed by atoms with Crippen LogP contribution in [0.4, 0.5) is 4.79 Å². The van der Waals surface area contributed by atoms with E-state index in [1.165, 1.54) is 12.0 Å². The monoisotopic (exact) mass is 343 g/mol. The van der Waals surface area contributed by atoms with Crippen molar-refractivity contribution in [2.75, 3.05) is 26.5 Å². The molecule has 2 atom stereocenters. The molecule has 8 heteroatoms. The maximum Gasteiger partial charge on any atom is 0.410 e. The van der Waals surface area contributed by atoms with Crippen LogP contribution < -0.4 is 0 Å². The van der Waals surface area contributed by atoms with Gasteiger partial charge in [-0.2, -0.15) is 8.42 Å². The van der Waals surface area contributed by atoms with Gasteiger partial charge in [-0.3, -0.25) is 4.18 Å². The molecule has 0 bridgehead atoms. The number of amides is 1. The predicted octanol–water partition coefficient (Wildman–Crippen LogP) is 1.39. The van der Waals surface area contributed by atoms with Gasteiger partial charge in [0.1, 0.15) is 6.61 Å². The zero-order valence-corrected chi connectivity index (χ0v) is 14.0. The summed E-state index contributed by atoms with van der Waals surface area (Å²) in [6.45, 7) is 0.617. The van der Waals surface area contributed by atoms with Crippen molar-refractivity contribution in [1.82, 2.24) is 4.90 Å². The van der Waals surface area contributed by atoms with Gasteiger partial charge in [-0.05, 0) is 12.0 Å². The van der Waals surface area contributed by atoms with Crippen molar-refractivity contribution < 1.29 is 26.9 Å². The van der Waals surface area contributed by atoms with Crippen molar-refractivity contribution >= 4 is 16.2 Å². The summed E-state index contributed by atoms with van der Waals surface area (Å²) in [5.74, 6) is 0. The van der Waals surface area contributed by atoms with Crippen LogP contribution in [0.3, 0.4) is 0 Å². The number of hydrogen-bond donors (Lipinski definition) is 0. The van der Waals surface area contributed by atoms with Gasteiger partial charge >= 0.3 is 6.09 Å². The summed E-state index contributed by atoms with van der Waals surface area (Å²) in [5.41, 5.74) is 0.882. The van der Waals surface area contributed by atoms with Crippen LogP contribution in [0.15, 0.2) is 30.3 Å². The van der Waals surface area contributed by atoms with Crippen molar-refractivity contribution in [3.05, 3.63) is 35.9 Å².